The van der Waals surface area contributed by atoms with Crippen LogP contribution in [0.1, 0.15) is 11.1 Å². The molecule has 5 heteroatoms. The molecule has 0 spiro atoms. The number of nitrogens with zero attached hydrogens (tertiary/aromatic N) is 1. The first kappa shape index (κ1) is 22.4. The first-order valence-electron chi connectivity index (χ1n) is 9.29. The van der Waals surface area contributed by atoms with Gasteiger partial charge in [-0.15, -0.1) is 0 Å². The van der Waals surface area contributed by atoms with Gasteiger partial charge < -0.3 is 17.1 Å². The lowest BCUT2D eigenvalue weighted by Crippen LogP contribution is -3.00. The zero-order chi connectivity index (χ0) is 20.0. The lowest BCUT2D eigenvalue weighted by Gasteiger charge is -2.23. The number of benzene rings is 3. The van der Waals surface area contributed by atoms with E-state index in [-0.39, 0.29) is 12.4 Å². The van der Waals surface area contributed by atoms with Crippen molar-refractivity contribution in [2.24, 2.45) is 0 Å². The fraction of sp³-hybridized carbons (Fsp3) is 0.167. The van der Waals surface area contributed by atoms with Crippen LogP contribution in [-0.2, 0) is 10.2 Å². The Bertz CT molecular complexity index is 952. The molecule has 3 aromatic carbocycles. The minimum atomic E-state index is -1.86. The third kappa shape index (κ3) is 5.35. The number of halogens is 1. The van der Waals surface area contributed by atoms with Crippen molar-refractivity contribution in [2.45, 2.75) is 25.1 Å². The van der Waals surface area contributed by atoms with E-state index in [1.807, 2.05) is 78.9 Å². The maximum absolute atomic E-state index is 13.6. The second-order valence-corrected chi connectivity index (χ2v) is 12.1. The van der Waals surface area contributed by atoms with E-state index >= 15 is 0 Å². The lowest BCUT2D eigenvalue weighted by molar-refractivity contribution is -0.137. The third-order valence-electron chi connectivity index (χ3n) is 4.23. The van der Waals surface area contributed by atoms with Crippen LogP contribution in [-0.4, -0.2) is 14.2 Å². The van der Waals surface area contributed by atoms with Crippen LogP contribution >= 0.6 is 0 Å². The van der Waals surface area contributed by atoms with Crippen LogP contribution in [0, 0.1) is 6.07 Å². The molecule has 0 aliphatic carbocycles. The molecule has 0 fully saturated rings. The highest BCUT2D eigenvalue weighted by atomic mass is 35.5. The molecule has 0 aromatic heterocycles. The van der Waals surface area contributed by atoms with Gasteiger partial charge in [0.05, 0.1) is 0 Å². The van der Waals surface area contributed by atoms with Crippen molar-refractivity contribution in [2.75, 3.05) is 0 Å². The van der Waals surface area contributed by atoms with Crippen LogP contribution in [0.5, 0.6) is 5.75 Å². The number of hydrogen-bond donors (Lipinski definition) is 0. The van der Waals surface area contributed by atoms with Crippen LogP contribution < -0.4 is 17.1 Å². The minimum Gasteiger partial charge on any atom is -1.00 e. The molecule has 0 N–H and O–H groups in total. The highest BCUT2D eigenvalue weighted by Crippen LogP contribution is 2.34. The van der Waals surface area contributed by atoms with Crippen molar-refractivity contribution < 1.29 is 21.9 Å². The molecular weight excluding hydrogens is 398 g/mol. The highest BCUT2D eigenvalue weighted by molar-refractivity contribution is 6.79. The van der Waals surface area contributed by atoms with Gasteiger partial charge in [-0.2, -0.15) is 4.51 Å². The standard InChI is InChI=1S/C24H24NO2Si.ClH/c1-28(2,3)25-19-24(20-13-7-4-8-14-20,21-15-9-5-10-16-21)23(26)27-22-17-11-6-12-18-22;/h4-18H,1-3H3;1H/q+1;/p-1. The number of ether oxygens (including phenoxy) is 1. The van der Waals surface area contributed by atoms with Crippen molar-refractivity contribution >= 4 is 14.2 Å². The van der Waals surface area contributed by atoms with Gasteiger partial charge in [-0.3, -0.25) is 0 Å². The Morgan fingerprint density at radius 2 is 1.21 bits per heavy atom. The zero-order valence-corrected chi connectivity index (χ0v) is 18.6. The van der Waals surface area contributed by atoms with E-state index in [0.29, 0.717) is 5.75 Å². The Labute approximate surface area is 179 Å². The van der Waals surface area contributed by atoms with Crippen molar-refractivity contribution in [3.8, 4) is 11.8 Å². The van der Waals surface area contributed by atoms with Crippen molar-refractivity contribution in [3.05, 3.63) is 107 Å². The summed E-state index contributed by atoms with van der Waals surface area (Å²) in [6.07, 6.45) is 0. The number of esters is 1. The molecule has 0 amide bonds. The van der Waals surface area contributed by atoms with E-state index in [9.17, 15) is 4.79 Å². The highest BCUT2D eigenvalue weighted by Gasteiger charge is 2.49. The average molecular weight is 422 g/mol. The van der Waals surface area contributed by atoms with Crippen LogP contribution in [0.15, 0.2) is 91.0 Å². The Balaban J connectivity index is 0.00000300. The van der Waals surface area contributed by atoms with E-state index < -0.39 is 19.6 Å². The molecule has 148 valence electrons. The predicted molar refractivity (Wildman–Crippen MR) is 116 cm³/mol. The summed E-state index contributed by atoms with van der Waals surface area (Å²) >= 11 is 0. The number of hydrogen-bond acceptors (Lipinski definition) is 2. The van der Waals surface area contributed by atoms with E-state index in [2.05, 4.69) is 25.7 Å². The summed E-state index contributed by atoms with van der Waals surface area (Å²) in [5, 5.41) is 0. The summed E-state index contributed by atoms with van der Waals surface area (Å²) in [6, 6.07) is 31.6. The molecule has 0 aliphatic rings. The summed E-state index contributed by atoms with van der Waals surface area (Å²) in [5.74, 6) is 0.0802. The second kappa shape index (κ2) is 9.55. The summed E-state index contributed by atoms with van der Waals surface area (Å²) < 4.78 is 10.5. The van der Waals surface area contributed by atoms with Crippen LogP contribution in [0.3, 0.4) is 0 Å². The van der Waals surface area contributed by atoms with Gasteiger partial charge in [0, 0.05) is 19.6 Å². The maximum atomic E-state index is 13.6. The summed E-state index contributed by atoms with van der Waals surface area (Å²) in [7, 11) is -1.86. The van der Waals surface area contributed by atoms with E-state index in [1.165, 1.54) is 0 Å². The van der Waals surface area contributed by atoms with Gasteiger partial charge >= 0.3 is 14.2 Å². The van der Waals surface area contributed by atoms with Crippen LogP contribution in [0.2, 0.25) is 19.6 Å². The zero-order valence-electron chi connectivity index (χ0n) is 16.8. The molecule has 0 aliphatic heterocycles. The molecule has 3 rings (SSSR count). The maximum Gasteiger partial charge on any atom is 0.499 e. The summed E-state index contributed by atoms with van der Waals surface area (Å²) in [5.41, 5.74) is 0.326. The quantitative estimate of drug-likeness (QED) is 0.368. The molecule has 29 heavy (non-hydrogen) atoms. The molecule has 0 saturated heterocycles. The molecule has 0 bridgehead atoms. The molecule has 3 nitrogen and oxygen atoms in total. The van der Waals surface area contributed by atoms with Gasteiger partial charge in [0.1, 0.15) is 5.75 Å². The normalized spacial score (nSPS) is 10.9. The molecule has 0 unspecified atom stereocenters. The van der Waals surface area contributed by atoms with Gasteiger partial charge in [0.15, 0.2) is 0 Å². The number of carbonyl (C=O) groups is 1. The lowest BCUT2D eigenvalue weighted by atomic mass is 9.75. The topological polar surface area (TPSA) is 30.7 Å². The molecular formula is C24H24ClNO2Si. The summed E-state index contributed by atoms with van der Waals surface area (Å²) in [6.45, 7) is 6.34. The largest absolute Gasteiger partial charge is 1.00 e. The monoisotopic (exact) mass is 421 g/mol. The van der Waals surface area contributed by atoms with Crippen LogP contribution in [0.4, 0.5) is 0 Å². The Morgan fingerprint density at radius 3 is 1.62 bits per heavy atom. The van der Waals surface area contributed by atoms with Crippen molar-refractivity contribution in [3.63, 3.8) is 0 Å². The fourth-order valence-corrected chi connectivity index (χ4v) is 3.38. The number of rotatable bonds is 4. The van der Waals surface area contributed by atoms with E-state index in [4.69, 9.17) is 9.25 Å². The molecule has 0 atom stereocenters. The first-order valence-corrected chi connectivity index (χ1v) is 12.7. The molecule has 0 saturated carbocycles. The Kier molecular flexibility index (Phi) is 7.39. The number of carbonyl (C=O) groups excluding carboxylic acids is 1. The molecule has 0 radical (unpaired) electrons. The average Bonchev–Trinajstić information content (AvgIpc) is 2.70. The van der Waals surface area contributed by atoms with Gasteiger partial charge in [-0.1, -0.05) is 78.9 Å². The Morgan fingerprint density at radius 1 is 0.793 bits per heavy atom. The molecule has 0 heterocycles. The van der Waals surface area contributed by atoms with Crippen LogP contribution in [0.25, 0.3) is 4.51 Å². The Hall–Kier alpha value is -2.87. The number of para-hydroxylation sites is 1. The van der Waals surface area contributed by atoms with E-state index in [0.717, 1.165) is 11.1 Å². The fourth-order valence-electron chi connectivity index (χ4n) is 2.88. The van der Waals surface area contributed by atoms with Gasteiger partial charge in [0.25, 0.3) is 6.07 Å². The molecule has 3 aromatic rings. The summed E-state index contributed by atoms with van der Waals surface area (Å²) in [4.78, 5) is 13.6. The third-order valence-corrected chi connectivity index (χ3v) is 5.02. The van der Waals surface area contributed by atoms with Crippen molar-refractivity contribution in [1.82, 2.24) is 0 Å². The smallest absolute Gasteiger partial charge is 0.499 e. The minimum absolute atomic E-state index is 0. The van der Waals surface area contributed by atoms with Gasteiger partial charge in [0.2, 0.25) is 5.41 Å². The van der Waals surface area contributed by atoms with Gasteiger partial charge in [-0.05, 0) is 23.3 Å². The SMILES string of the molecule is C[Si](C)(C)[N+]#CC(C(=O)Oc1ccccc1)(c1ccccc1)c1ccccc1.[Cl-]. The van der Waals surface area contributed by atoms with E-state index in [1.54, 1.807) is 12.1 Å². The first-order chi connectivity index (χ1) is 13.4. The van der Waals surface area contributed by atoms with Gasteiger partial charge in [-0.25, -0.2) is 4.79 Å². The predicted octanol–water partition coefficient (Wildman–Crippen LogP) is 2.75. The second-order valence-electron chi connectivity index (χ2n) is 7.58. The van der Waals surface area contributed by atoms with Crippen molar-refractivity contribution in [1.29, 1.82) is 0 Å².